The molecule has 2 spiro atoms. The molecule has 16 heteroatoms. The number of nitrogens with one attached hydrogen (secondary N) is 5. The number of carbonyl (C=O) groups is 5. The van der Waals surface area contributed by atoms with Crippen LogP contribution in [0.25, 0.3) is 10.9 Å². The van der Waals surface area contributed by atoms with E-state index in [1.165, 1.54) is 6.07 Å². The highest BCUT2D eigenvalue weighted by Crippen LogP contribution is 2.88. The molecule has 3 heterocycles. The third-order valence-electron chi connectivity index (χ3n) is 16.5. The number of fused-ring (bicyclic) bond motifs is 2. The third-order valence-corrected chi connectivity index (χ3v) is 17.9. The average Bonchev–Trinajstić information content (AvgIpc) is 3.61. The zero-order valence-corrected chi connectivity index (χ0v) is 38.0. The van der Waals surface area contributed by atoms with Gasteiger partial charge in [0.05, 0.1) is 18.7 Å². The number of H-pyrrole nitrogens is 1. The Labute approximate surface area is 365 Å². The van der Waals surface area contributed by atoms with Gasteiger partial charge in [-0.15, -0.1) is 6.58 Å². The van der Waals surface area contributed by atoms with Crippen LogP contribution in [-0.2, 0) is 33.9 Å². The lowest BCUT2D eigenvalue weighted by Gasteiger charge is -2.38. The van der Waals surface area contributed by atoms with Crippen LogP contribution >= 0.6 is 0 Å². The number of nitrogens with zero attached hydrogens (tertiary/aromatic N) is 2. The summed E-state index contributed by atoms with van der Waals surface area (Å²) < 4.78 is 35.4. The van der Waals surface area contributed by atoms with Crippen molar-refractivity contribution in [3.8, 4) is 0 Å². The van der Waals surface area contributed by atoms with E-state index >= 15 is 9.59 Å². The normalized spacial score (nSPS) is 29.9. The molecule has 338 valence electrons. The average molecular weight is 876 g/mol. The van der Waals surface area contributed by atoms with Crippen LogP contribution in [0.15, 0.2) is 48.0 Å². The van der Waals surface area contributed by atoms with Crippen molar-refractivity contribution in [3.05, 3.63) is 43.1 Å². The summed E-state index contributed by atoms with van der Waals surface area (Å²) in [6.07, 6.45) is 11.1. The first-order chi connectivity index (χ1) is 29.2. The number of morpholine rings is 1. The summed E-state index contributed by atoms with van der Waals surface area (Å²) in [5.74, 6) is -2.41. The van der Waals surface area contributed by atoms with Crippen LogP contribution in [-0.4, -0.2) is 109 Å². The van der Waals surface area contributed by atoms with Gasteiger partial charge in [0, 0.05) is 42.0 Å². The molecule has 1 aromatic carbocycles. The van der Waals surface area contributed by atoms with E-state index < -0.39 is 68.1 Å². The lowest BCUT2D eigenvalue weighted by atomic mass is 9.73. The smallest absolute Gasteiger partial charge is 0.318 e. The molecule has 0 radical (unpaired) electrons. The van der Waals surface area contributed by atoms with Crippen LogP contribution in [0, 0.1) is 33.0 Å². The molecule has 4 aliphatic carbocycles. The van der Waals surface area contributed by atoms with E-state index in [2.05, 4.69) is 46.1 Å². The number of sulfonamides is 1. The Morgan fingerprint density at radius 2 is 1.65 bits per heavy atom. The van der Waals surface area contributed by atoms with Crippen molar-refractivity contribution >= 4 is 50.6 Å². The third kappa shape index (κ3) is 6.92. The molecule has 6 fully saturated rings. The first-order valence-corrected chi connectivity index (χ1v) is 24.0. The zero-order chi connectivity index (χ0) is 44.7. The van der Waals surface area contributed by atoms with E-state index in [0.717, 1.165) is 51.4 Å². The second kappa shape index (κ2) is 15.4. The fourth-order valence-corrected chi connectivity index (χ4v) is 13.4. The summed E-state index contributed by atoms with van der Waals surface area (Å²) >= 11 is 0. The van der Waals surface area contributed by atoms with E-state index in [0.29, 0.717) is 50.2 Å². The molecule has 5 N–H and O–H groups in total. The van der Waals surface area contributed by atoms with Crippen molar-refractivity contribution in [1.29, 1.82) is 0 Å². The predicted molar refractivity (Wildman–Crippen MR) is 233 cm³/mol. The zero-order valence-electron chi connectivity index (χ0n) is 37.2. The van der Waals surface area contributed by atoms with Crippen LogP contribution < -0.4 is 20.7 Å². The number of urea groups is 1. The Hall–Kier alpha value is -4.44. The standard InChI is InChI=1S/C46H65N7O8S/c1-8-43(7)27-46(43,39(57)51-62(59,60)32-17-12-16-30-18-21-47-33(30)32)50-36(54)31-26-45(42(5,6)44(45)19-13-20-44)28-53(31)38(56)35(41(2,3)4)49-37(55)34(29-14-10-9-11-15-29)48-40(58)52-22-24-61-25-23-52/h8,12,16-18,21,29,31,34-35,47H,1,9-11,13-15,19-20,22-28H2,2-7H3,(H,48,58)(H,49,55)(H,50,54)(H,51,57)/t31-,34-,35+,43+,45+,46-/m0/s1. The van der Waals surface area contributed by atoms with Gasteiger partial charge in [-0.3, -0.25) is 19.2 Å². The van der Waals surface area contributed by atoms with Crippen molar-refractivity contribution in [2.45, 2.75) is 134 Å². The summed E-state index contributed by atoms with van der Waals surface area (Å²) in [5, 5.41) is 9.79. The molecule has 0 unspecified atom stereocenters. The van der Waals surface area contributed by atoms with Gasteiger partial charge in [0.25, 0.3) is 15.9 Å². The van der Waals surface area contributed by atoms with Crippen LogP contribution in [0.4, 0.5) is 4.79 Å². The Kier molecular flexibility index (Phi) is 11.0. The number of aromatic nitrogens is 1. The highest BCUT2D eigenvalue weighted by molar-refractivity contribution is 7.90. The van der Waals surface area contributed by atoms with Crippen molar-refractivity contribution < 1.29 is 37.1 Å². The number of rotatable bonds is 11. The SMILES string of the molecule is C=C[C@]1(C)C[C@]1(NC(=O)[C@@H]1C[C@@]2(CN1C(=O)[C@@H](NC(=O)[C@@H](NC(=O)N1CCOCC1)C1CCCCC1)C(C)(C)C)C(C)(C)C21CCC1)C(=O)NS(=O)(=O)c1cccc2cc[nH]c12. The lowest BCUT2D eigenvalue weighted by molar-refractivity contribution is -0.145. The molecular weight excluding hydrogens is 811 g/mol. The second-order valence-corrected chi connectivity index (χ2v) is 22.5. The Bertz CT molecular complexity index is 2270. The minimum atomic E-state index is -4.40. The van der Waals surface area contributed by atoms with Crippen molar-refractivity contribution in [3.63, 3.8) is 0 Å². The number of hydrogen-bond donors (Lipinski definition) is 5. The number of benzene rings is 1. The quantitative estimate of drug-likeness (QED) is 0.200. The molecule has 4 saturated carbocycles. The Morgan fingerprint density at radius 1 is 0.952 bits per heavy atom. The second-order valence-electron chi connectivity index (χ2n) is 20.9. The van der Waals surface area contributed by atoms with Gasteiger partial charge < -0.3 is 35.5 Å². The van der Waals surface area contributed by atoms with E-state index in [1.54, 1.807) is 47.2 Å². The molecule has 6 amide bonds. The molecule has 6 aliphatic rings. The molecule has 2 aliphatic heterocycles. The van der Waals surface area contributed by atoms with Crippen LogP contribution in [0.3, 0.4) is 0 Å². The number of hydrogen-bond acceptors (Lipinski definition) is 8. The Balaban J connectivity index is 1.08. The van der Waals surface area contributed by atoms with Crippen molar-refractivity contribution in [1.82, 2.24) is 35.5 Å². The fourth-order valence-electron chi connectivity index (χ4n) is 12.1. The highest BCUT2D eigenvalue weighted by atomic mass is 32.2. The molecule has 2 aromatic rings. The number of aromatic amines is 1. The fraction of sp³-hybridized carbons (Fsp3) is 0.674. The van der Waals surface area contributed by atoms with E-state index in [1.807, 2.05) is 20.8 Å². The summed E-state index contributed by atoms with van der Waals surface area (Å²) in [5.41, 5.74) is -3.72. The van der Waals surface area contributed by atoms with Gasteiger partial charge in [-0.2, -0.15) is 0 Å². The lowest BCUT2D eigenvalue weighted by Crippen LogP contribution is -2.63. The van der Waals surface area contributed by atoms with Gasteiger partial charge in [-0.25, -0.2) is 17.9 Å². The summed E-state index contributed by atoms with van der Waals surface area (Å²) in [7, 11) is -4.40. The monoisotopic (exact) mass is 875 g/mol. The Morgan fingerprint density at radius 3 is 2.24 bits per heavy atom. The number of likely N-dealkylation sites (tertiary alicyclic amines) is 1. The largest absolute Gasteiger partial charge is 0.378 e. The van der Waals surface area contributed by atoms with Crippen LogP contribution in [0.1, 0.15) is 106 Å². The minimum absolute atomic E-state index is 0.0545. The van der Waals surface area contributed by atoms with Gasteiger partial charge in [0.15, 0.2) is 0 Å². The number of amides is 6. The van der Waals surface area contributed by atoms with Gasteiger partial charge in [0.2, 0.25) is 17.7 Å². The highest BCUT2D eigenvalue weighted by Gasteiger charge is 2.85. The van der Waals surface area contributed by atoms with Gasteiger partial charge in [-0.05, 0) is 72.8 Å². The van der Waals surface area contributed by atoms with Crippen LogP contribution in [0.5, 0.6) is 0 Å². The van der Waals surface area contributed by atoms with E-state index in [4.69, 9.17) is 4.74 Å². The minimum Gasteiger partial charge on any atom is -0.378 e. The van der Waals surface area contributed by atoms with Crippen LogP contribution in [0.2, 0.25) is 0 Å². The first kappa shape index (κ1) is 44.2. The summed E-state index contributed by atoms with van der Waals surface area (Å²) in [6, 6.07) is 3.22. The van der Waals surface area contributed by atoms with E-state index in [-0.39, 0.29) is 39.5 Å². The topological polar surface area (TPSA) is 199 Å². The maximum atomic E-state index is 15.3. The molecule has 1 aromatic heterocycles. The summed E-state index contributed by atoms with van der Waals surface area (Å²) in [4.78, 5) is 78.9. The number of para-hydroxylation sites is 1. The molecular formula is C46H65N7O8S. The van der Waals surface area contributed by atoms with Gasteiger partial charge in [-0.1, -0.05) is 85.4 Å². The number of carbonyl (C=O) groups excluding carboxylic acids is 5. The predicted octanol–water partition coefficient (Wildman–Crippen LogP) is 4.74. The van der Waals surface area contributed by atoms with E-state index in [9.17, 15) is 22.8 Å². The number of ether oxygens (including phenoxy) is 1. The molecule has 8 rings (SSSR count). The van der Waals surface area contributed by atoms with Crippen molar-refractivity contribution in [2.75, 3.05) is 32.8 Å². The molecule has 2 saturated heterocycles. The molecule has 6 atom stereocenters. The van der Waals surface area contributed by atoms with Crippen molar-refractivity contribution in [2.24, 2.45) is 33.0 Å². The van der Waals surface area contributed by atoms with Gasteiger partial charge in [0.1, 0.15) is 28.6 Å². The first-order valence-electron chi connectivity index (χ1n) is 22.5. The molecule has 62 heavy (non-hydrogen) atoms. The van der Waals surface area contributed by atoms with Gasteiger partial charge >= 0.3 is 6.03 Å². The summed E-state index contributed by atoms with van der Waals surface area (Å²) in [6.45, 7) is 17.7. The maximum absolute atomic E-state index is 15.3. The molecule has 15 nitrogen and oxygen atoms in total. The molecule has 0 bridgehead atoms. The maximum Gasteiger partial charge on any atom is 0.318 e.